The topological polar surface area (TPSA) is 9.23 Å². The lowest BCUT2D eigenvalue weighted by atomic mass is 10.2. The molecular formula is C7H11O. The van der Waals surface area contributed by atoms with E-state index in [0.29, 0.717) is 0 Å². The summed E-state index contributed by atoms with van der Waals surface area (Å²) in [5.74, 6) is 0. The number of hydrogen-bond donors (Lipinski definition) is 0. The highest BCUT2D eigenvalue weighted by atomic mass is 16.5. The summed E-state index contributed by atoms with van der Waals surface area (Å²) in [5, 5.41) is 0. The molecule has 3 radical (unpaired) electrons. The van der Waals surface area contributed by atoms with Crippen LogP contribution in [0.2, 0.25) is 0 Å². The first-order valence-electron chi connectivity index (χ1n) is 2.78. The van der Waals surface area contributed by atoms with Crippen molar-refractivity contribution < 1.29 is 4.74 Å². The van der Waals surface area contributed by atoms with Crippen LogP contribution in [0.5, 0.6) is 0 Å². The van der Waals surface area contributed by atoms with Crippen molar-refractivity contribution in [2.75, 3.05) is 0 Å². The number of ether oxygens (including phenoxy) is 1. The van der Waals surface area contributed by atoms with Gasteiger partial charge in [-0.1, -0.05) is 13.0 Å². The smallest absolute Gasteiger partial charge is 0.173 e. The summed E-state index contributed by atoms with van der Waals surface area (Å²) < 4.78 is 4.32. The monoisotopic (exact) mass is 111 g/mol. The minimum atomic E-state index is 0.0486. The number of rotatable bonds is 4. The standard InChI is InChI=1S/C7H11O/c1-4-6-7(5-2)8-3/h4,7H,1,5-6H2,2H3. The van der Waals surface area contributed by atoms with E-state index in [-0.39, 0.29) is 6.10 Å². The molecule has 0 saturated carbocycles. The third-order valence-corrected chi connectivity index (χ3v) is 1.05. The fourth-order valence-corrected chi connectivity index (χ4v) is 0.484. The Morgan fingerprint density at radius 1 is 1.88 bits per heavy atom. The Hall–Kier alpha value is -0.300. The van der Waals surface area contributed by atoms with Crippen LogP contribution in [0.15, 0.2) is 12.7 Å². The van der Waals surface area contributed by atoms with E-state index in [4.69, 9.17) is 7.11 Å². The van der Waals surface area contributed by atoms with E-state index in [1.807, 2.05) is 6.92 Å². The molecule has 1 unspecified atom stereocenters. The van der Waals surface area contributed by atoms with Gasteiger partial charge in [0.15, 0.2) is 7.11 Å². The Morgan fingerprint density at radius 3 is 2.62 bits per heavy atom. The van der Waals surface area contributed by atoms with Gasteiger partial charge in [0.25, 0.3) is 0 Å². The van der Waals surface area contributed by atoms with Gasteiger partial charge in [-0.3, -0.25) is 0 Å². The van der Waals surface area contributed by atoms with Crippen molar-refractivity contribution in [2.24, 2.45) is 0 Å². The molecule has 45 valence electrons. The van der Waals surface area contributed by atoms with Crippen molar-refractivity contribution in [3.05, 3.63) is 19.8 Å². The lowest BCUT2D eigenvalue weighted by molar-refractivity contribution is 0.137. The molecule has 0 fully saturated rings. The Bertz CT molecular complexity index is 55.4. The molecular weight excluding hydrogens is 100 g/mol. The van der Waals surface area contributed by atoms with Crippen LogP contribution in [0.4, 0.5) is 0 Å². The molecule has 0 saturated heterocycles. The fraction of sp³-hybridized carbons (Fsp3) is 0.571. The van der Waals surface area contributed by atoms with E-state index in [0.717, 1.165) is 12.8 Å². The molecule has 0 heterocycles. The molecule has 0 N–H and O–H groups in total. The Labute approximate surface area is 51.4 Å². The van der Waals surface area contributed by atoms with Crippen molar-refractivity contribution in [1.82, 2.24) is 0 Å². The van der Waals surface area contributed by atoms with Gasteiger partial charge in [-0.2, -0.15) is 0 Å². The molecule has 0 aromatic heterocycles. The lowest BCUT2D eigenvalue weighted by Gasteiger charge is -2.06. The van der Waals surface area contributed by atoms with E-state index >= 15 is 0 Å². The average Bonchev–Trinajstić information content (AvgIpc) is 1.83. The van der Waals surface area contributed by atoms with E-state index in [2.05, 4.69) is 11.3 Å². The van der Waals surface area contributed by atoms with Crippen molar-refractivity contribution >= 4 is 0 Å². The summed E-state index contributed by atoms with van der Waals surface area (Å²) in [5.41, 5.74) is 0. The van der Waals surface area contributed by atoms with Gasteiger partial charge in [0.1, 0.15) is 0 Å². The third kappa shape index (κ3) is 2.80. The molecule has 0 aliphatic heterocycles. The Kier molecular flexibility index (Phi) is 4.67. The van der Waals surface area contributed by atoms with E-state index in [1.54, 1.807) is 6.08 Å². The van der Waals surface area contributed by atoms with Gasteiger partial charge in [0.05, 0.1) is 6.10 Å². The second kappa shape index (κ2) is 4.85. The zero-order valence-electron chi connectivity index (χ0n) is 5.18. The summed E-state index contributed by atoms with van der Waals surface area (Å²) in [6.45, 7) is 5.52. The van der Waals surface area contributed by atoms with E-state index in [1.165, 1.54) is 0 Å². The Balaban J connectivity index is 3.20. The highest BCUT2D eigenvalue weighted by Gasteiger charge is 1.98. The molecule has 0 aliphatic rings. The van der Waals surface area contributed by atoms with Gasteiger partial charge in [0.2, 0.25) is 0 Å². The first-order valence-corrected chi connectivity index (χ1v) is 2.78. The van der Waals surface area contributed by atoms with Gasteiger partial charge in [0, 0.05) is 0 Å². The molecule has 1 nitrogen and oxygen atoms in total. The zero-order chi connectivity index (χ0) is 6.41. The van der Waals surface area contributed by atoms with Gasteiger partial charge >= 0.3 is 0 Å². The van der Waals surface area contributed by atoms with Crippen molar-refractivity contribution in [3.63, 3.8) is 0 Å². The van der Waals surface area contributed by atoms with Crippen LogP contribution in [0.25, 0.3) is 0 Å². The minimum absolute atomic E-state index is 0.0486. The third-order valence-electron chi connectivity index (χ3n) is 1.05. The van der Waals surface area contributed by atoms with Gasteiger partial charge in [-0.25, -0.2) is 0 Å². The van der Waals surface area contributed by atoms with Crippen LogP contribution < -0.4 is 0 Å². The second-order valence-corrected chi connectivity index (χ2v) is 1.67. The minimum Gasteiger partial charge on any atom is -0.362 e. The normalized spacial score (nSPS) is 13.2. The quantitative estimate of drug-likeness (QED) is 0.503. The van der Waals surface area contributed by atoms with Crippen molar-refractivity contribution in [1.29, 1.82) is 0 Å². The summed E-state index contributed by atoms with van der Waals surface area (Å²) in [6.07, 6.45) is 3.48. The molecule has 0 bridgehead atoms. The zero-order valence-corrected chi connectivity index (χ0v) is 5.18. The molecule has 0 spiro atoms. The lowest BCUT2D eigenvalue weighted by Crippen LogP contribution is -2.04. The summed E-state index contributed by atoms with van der Waals surface area (Å²) in [4.78, 5) is 0. The predicted octanol–water partition coefficient (Wildman–Crippen LogP) is 1.90. The largest absolute Gasteiger partial charge is 0.362 e. The molecule has 0 aromatic carbocycles. The molecule has 1 heteroatoms. The average molecular weight is 111 g/mol. The maximum Gasteiger partial charge on any atom is 0.173 e. The van der Waals surface area contributed by atoms with Crippen molar-refractivity contribution in [3.8, 4) is 0 Å². The molecule has 1 atom stereocenters. The summed E-state index contributed by atoms with van der Waals surface area (Å²) >= 11 is 0. The Morgan fingerprint density at radius 2 is 2.50 bits per heavy atom. The van der Waals surface area contributed by atoms with Crippen LogP contribution >= 0.6 is 0 Å². The van der Waals surface area contributed by atoms with Crippen LogP contribution in [-0.4, -0.2) is 6.10 Å². The molecule has 0 aromatic rings. The molecule has 8 heavy (non-hydrogen) atoms. The highest BCUT2D eigenvalue weighted by molar-refractivity contribution is 4.72. The van der Waals surface area contributed by atoms with E-state index < -0.39 is 0 Å². The molecule has 0 aliphatic carbocycles. The van der Waals surface area contributed by atoms with Crippen LogP contribution in [0.3, 0.4) is 0 Å². The summed E-state index contributed by atoms with van der Waals surface area (Å²) in [7, 11) is 6.52. The van der Waals surface area contributed by atoms with Crippen LogP contribution in [-0.2, 0) is 4.74 Å². The second-order valence-electron chi connectivity index (χ2n) is 1.67. The van der Waals surface area contributed by atoms with Gasteiger partial charge in [-0.05, 0) is 12.8 Å². The number of hydrogen-bond acceptors (Lipinski definition) is 1. The van der Waals surface area contributed by atoms with Gasteiger partial charge < -0.3 is 4.74 Å². The maximum absolute atomic E-state index is 6.52. The SMILES string of the molecule is [C]OC(CC)CC=C. The fourth-order valence-electron chi connectivity index (χ4n) is 0.484. The first kappa shape index (κ1) is 7.70. The first-order chi connectivity index (χ1) is 3.85. The highest BCUT2D eigenvalue weighted by Crippen LogP contribution is 2.01. The van der Waals surface area contributed by atoms with Crippen molar-refractivity contribution in [2.45, 2.75) is 25.9 Å². The molecule has 0 rings (SSSR count). The van der Waals surface area contributed by atoms with Crippen LogP contribution in [0.1, 0.15) is 19.8 Å². The summed E-state index contributed by atoms with van der Waals surface area (Å²) in [6, 6.07) is 0. The van der Waals surface area contributed by atoms with E-state index in [9.17, 15) is 0 Å². The predicted molar refractivity (Wildman–Crippen MR) is 33.2 cm³/mol. The maximum atomic E-state index is 6.52. The van der Waals surface area contributed by atoms with Crippen LogP contribution in [0, 0.1) is 7.11 Å². The van der Waals surface area contributed by atoms with Gasteiger partial charge in [-0.15, -0.1) is 6.58 Å². The molecule has 0 amide bonds.